The highest BCUT2D eigenvalue weighted by Gasteiger charge is 2.35. The molecule has 0 heterocycles. The van der Waals surface area contributed by atoms with E-state index < -0.39 is 0 Å². The second-order valence-electron chi connectivity index (χ2n) is 4.86. The highest BCUT2D eigenvalue weighted by atomic mass is 79.9. The van der Waals surface area contributed by atoms with E-state index in [0.717, 1.165) is 35.0 Å². The lowest BCUT2D eigenvalue weighted by Crippen LogP contribution is -2.55. The van der Waals surface area contributed by atoms with Crippen LogP contribution in [0.15, 0.2) is 22.7 Å². The number of methoxy groups -OCH3 is 2. The normalized spacial score (nSPS) is 13.3. The monoisotopic (exact) mass is 344 g/mol. The molecule has 0 radical (unpaired) electrons. The van der Waals surface area contributed by atoms with Gasteiger partial charge >= 0.3 is 0 Å². The molecule has 114 valence electrons. The zero-order valence-electron chi connectivity index (χ0n) is 12.7. The fraction of sp³-hybridized carbons (Fsp3) is 0.600. The van der Waals surface area contributed by atoms with E-state index in [1.54, 1.807) is 14.2 Å². The highest BCUT2D eigenvalue weighted by Crippen LogP contribution is 2.30. The van der Waals surface area contributed by atoms with Gasteiger partial charge in [0.25, 0.3) is 0 Å². The standard InChI is InChI=1S/C15H25BrN2O2/c1-5-15(6-2,20-4)14(18-17)10-11-9-12(19-3)7-8-13(11)16/h7-9,14,18H,5-6,10,17H2,1-4H3. The summed E-state index contributed by atoms with van der Waals surface area (Å²) in [6.07, 6.45) is 2.57. The second-order valence-corrected chi connectivity index (χ2v) is 5.71. The van der Waals surface area contributed by atoms with E-state index in [2.05, 4.69) is 35.2 Å². The molecule has 5 heteroatoms. The average molecular weight is 345 g/mol. The van der Waals surface area contributed by atoms with Crippen LogP contribution in [0.2, 0.25) is 0 Å². The molecule has 0 aromatic heterocycles. The van der Waals surface area contributed by atoms with Crippen molar-refractivity contribution in [1.29, 1.82) is 0 Å². The Morgan fingerprint density at radius 2 is 1.95 bits per heavy atom. The van der Waals surface area contributed by atoms with Gasteiger partial charge in [-0.2, -0.15) is 0 Å². The maximum atomic E-state index is 5.78. The maximum Gasteiger partial charge on any atom is 0.119 e. The van der Waals surface area contributed by atoms with Gasteiger partial charge in [0.15, 0.2) is 0 Å². The van der Waals surface area contributed by atoms with Crippen LogP contribution in [0, 0.1) is 0 Å². The number of nitrogens with two attached hydrogens (primary N) is 1. The first kappa shape index (κ1) is 17.4. The van der Waals surface area contributed by atoms with Gasteiger partial charge < -0.3 is 9.47 Å². The fourth-order valence-corrected chi connectivity index (χ4v) is 3.03. The predicted octanol–water partition coefficient (Wildman–Crippen LogP) is 3.04. The average Bonchev–Trinajstić information content (AvgIpc) is 2.50. The van der Waals surface area contributed by atoms with Gasteiger partial charge in [-0.05, 0) is 43.0 Å². The van der Waals surface area contributed by atoms with Gasteiger partial charge in [-0.25, -0.2) is 0 Å². The molecule has 0 aliphatic carbocycles. The van der Waals surface area contributed by atoms with E-state index in [1.165, 1.54) is 0 Å². The van der Waals surface area contributed by atoms with Gasteiger partial charge in [0.1, 0.15) is 5.75 Å². The van der Waals surface area contributed by atoms with Crippen molar-refractivity contribution >= 4 is 15.9 Å². The van der Waals surface area contributed by atoms with Crippen LogP contribution in [0.25, 0.3) is 0 Å². The van der Waals surface area contributed by atoms with Gasteiger partial charge in [-0.15, -0.1) is 0 Å². The van der Waals surface area contributed by atoms with Crippen LogP contribution >= 0.6 is 15.9 Å². The Labute approximate surface area is 130 Å². The van der Waals surface area contributed by atoms with Crippen molar-refractivity contribution in [2.24, 2.45) is 5.84 Å². The molecule has 20 heavy (non-hydrogen) atoms. The van der Waals surface area contributed by atoms with E-state index in [9.17, 15) is 0 Å². The Balaban J connectivity index is 3.04. The fourth-order valence-electron chi connectivity index (χ4n) is 2.62. The molecule has 0 fully saturated rings. The Morgan fingerprint density at radius 3 is 2.40 bits per heavy atom. The lowest BCUT2D eigenvalue weighted by atomic mass is 9.84. The van der Waals surface area contributed by atoms with Crippen LogP contribution in [-0.2, 0) is 11.2 Å². The lowest BCUT2D eigenvalue weighted by molar-refractivity contribution is -0.0473. The first-order chi connectivity index (χ1) is 9.56. The molecule has 1 aromatic rings. The summed E-state index contributed by atoms with van der Waals surface area (Å²) in [4.78, 5) is 0. The molecule has 0 spiro atoms. The first-order valence-electron chi connectivity index (χ1n) is 6.90. The summed E-state index contributed by atoms with van der Waals surface area (Å²) in [5, 5.41) is 0. The maximum absolute atomic E-state index is 5.78. The minimum absolute atomic E-state index is 0.0332. The largest absolute Gasteiger partial charge is 0.497 e. The molecule has 4 nitrogen and oxygen atoms in total. The molecule has 0 saturated carbocycles. The Kier molecular flexibility index (Phi) is 6.95. The third kappa shape index (κ3) is 3.73. The number of nitrogens with one attached hydrogen (secondary N) is 1. The molecule has 0 saturated heterocycles. The highest BCUT2D eigenvalue weighted by molar-refractivity contribution is 9.10. The third-order valence-electron chi connectivity index (χ3n) is 4.12. The van der Waals surface area contributed by atoms with E-state index in [4.69, 9.17) is 15.3 Å². The van der Waals surface area contributed by atoms with Crippen LogP contribution in [0.4, 0.5) is 0 Å². The minimum atomic E-state index is -0.267. The Morgan fingerprint density at radius 1 is 1.30 bits per heavy atom. The first-order valence-corrected chi connectivity index (χ1v) is 7.69. The third-order valence-corrected chi connectivity index (χ3v) is 4.89. The number of hydrazine groups is 1. The van der Waals surface area contributed by atoms with Gasteiger partial charge in [0.05, 0.1) is 18.8 Å². The van der Waals surface area contributed by atoms with Gasteiger partial charge in [-0.1, -0.05) is 29.8 Å². The number of rotatable bonds is 8. The number of hydrogen-bond acceptors (Lipinski definition) is 4. The predicted molar refractivity (Wildman–Crippen MR) is 85.8 cm³/mol. The molecule has 0 bridgehead atoms. The van der Waals surface area contributed by atoms with Crippen molar-refractivity contribution < 1.29 is 9.47 Å². The molecule has 0 amide bonds. The smallest absolute Gasteiger partial charge is 0.119 e. The minimum Gasteiger partial charge on any atom is -0.497 e. The van der Waals surface area contributed by atoms with E-state index in [1.807, 2.05) is 18.2 Å². The van der Waals surface area contributed by atoms with Crippen LogP contribution in [0.5, 0.6) is 5.75 Å². The second kappa shape index (κ2) is 7.98. The topological polar surface area (TPSA) is 56.5 Å². The van der Waals surface area contributed by atoms with Crippen molar-refractivity contribution in [3.8, 4) is 5.75 Å². The summed E-state index contributed by atoms with van der Waals surface area (Å²) in [5.41, 5.74) is 3.80. The van der Waals surface area contributed by atoms with Crippen LogP contribution in [-0.4, -0.2) is 25.9 Å². The summed E-state index contributed by atoms with van der Waals surface area (Å²) in [5.74, 6) is 6.62. The lowest BCUT2D eigenvalue weighted by Gasteiger charge is -2.38. The summed E-state index contributed by atoms with van der Waals surface area (Å²) in [6, 6.07) is 5.99. The van der Waals surface area contributed by atoms with E-state index >= 15 is 0 Å². The molecule has 1 rings (SSSR count). The van der Waals surface area contributed by atoms with Crippen molar-refractivity contribution in [3.63, 3.8) is 0 Å². The summed E-state index contributed by atoms with van der Waals surface area (Å²) < 4.78 is 12.1. The zero-order chi connectivity index (χ0) is 15.2. The molecule has 0 aliphatic rings. The summed E-state index contributed by atoms with van der Waals surface area (Å²) in [6.45, 7) is 4.25. The van der Waals surface area contributed by atoms with Crippen molar-refractivity contribution in [1.82, 2.24) is 5.43 Å². The number of ether oxygens (including phenoxy) is 2. The van der Waals surface area contributed by atoms with Crippen molar-refractivity contribution in [2.45, 2.75) is 44.8 Å². The molecule has 1 aromatic carbocycles. The molecular weight excluding hydrogens is 320 g/mol. The molecule has 1 unspecified atom stereocenters. The van der Waals surface area contributed by atoms with Gasteiger partial charge in [0.2, 0.25) is 0 Å². The van der Waals surface area contributed by atoms with Gasteiger partial charge in [0, 0.05) is 11.6 Å². The van der Waals surface area contributed by atoms with Crippen molar-refractivity contribution in [3.05, 3.63) is 28.2 Å². The van der Waals surface area contributed by atoms with Crippen LogP contribution in [0.1, 0.15) is 32.3 Å². The van der Waals surface area contributed by atoms with Crippen LogP contribution in [0.3, 0.4) is 0 Å². The van der Waals surface area contributed by atoms with Crippen molar-refractivity contribution in [2.75, 3.05) is 14.2 Å². The van der Waals surface area contributed by atoms with E-state index in [-0.39, 0.29) is 11.6 Å². The SMILES string of the molecule is CCC(CC)(OC)C(Cc1cc(OC)ccc1Br)NN. The Bertz CT molecular complexity index is 414. The van der Waals surface area contributed by atoms with Crippen LogP contribution < -0.4 is 16.0 Å². The number of benzene rings is 1. The summed E-state index contributed by atoms with van der Waals surface area (Å²) in [7, 11) is 3.42. The quantitative estimate of drug-likeness (QED) is 0.562. The van der Waals surface area contributed by atoms with Gasteiger partial charge in [-0.3, -0.25) is 11.3 Å². The number of halogens is 1. The Hall–Kier alpha value is -0.620. The molecule has 1 atom stereocenters. The zero-order valence-corrected chi connectivity index (χ0v) is 14.3. The summed E-state index contributed by atoms with van der Waals surface area (Å²) >= 11 is 3.58. The van der Waals surface area contributed by atoms with E-state index in [0.29, 0.717) is 0 Å². The molecule has 3 N–H and O–H groups in total. The number of hydrogen-bond donors (Lipinski definition) is 2. The molecular formula is C15H25BrN2O2. The molecule has 0 aliphatic heterocycles.